The molecule has 2 amide bonds. The van der Waals surface area contributed by atoms with Crippen LogP contribution in [0.3, 0.4) is 0 Å². The molecule has 0 unspecified atom stereocenters. The van der Waals surface area contributed by atoms with Gasteiger partial charge >= 0.3 is 6.03 Å². The second-order valence-electron chi connectivity index (χ2n) is 6.17. The predicted molar refractivity (Wildman–Crippen MR) is 95.2 cm³/mol. The number of carbonyl (C=O) groups is 1. The van der Waals surface area contributed by atoms with Crippen LogP contribution < -0.4 is 5.32 Å². The molecule has 1 aromatic carbocycles. The highest BCUT2D eigenvalue weighted by Crippen LogP contribution is 2.14. The lowest BCUT2D eigenvalue weighted by molar-refractivity contribution is 0.206. The Hall–Kier alpha value is -2.83. The summed E-state index contributed by atoms with van der Waals surface area (Å²) in [4.78, 5) is 13.8. The molecule has 25 heavy (non-hydrogen) atoms. The van der Waals surface area contributed by atoms with Crippen molar-refractivity contribution < 1.29 is 9.32 Å². The number of benzene rings is 1. The van der Waals surface area contributed by atoms with E-state index in [1.807, 2.05) is 42.9 Å². The van der Waals surface area contributed by atoms with Crippen LogP contribution in [0, 0.1) is 13.8 Å². The third kappa shape index (κ3) is 3.81. The number of rotatable bonds is 6. The number of nitrogens with zero attached hydrogens (tertiary/aromatic N) is 4. The van der Waals surface area contributed by atoms with E-state index < -0.39 is 0 Å². The van der Waals surface area contributed by atoms with E-state index in [0.29, 0.717) is 13.1 Å². The molecule has 0 bridgehead atoms. The van der Waals surface area contributed by atoms with E-state index in [1.165, 1.54) is 0 Å². The summed E-state index contributed by atoms with van der Waals surface area (Å²) in [6.07, 6.45) is 2.68. The van der Waals surface area contributed by atoms with Crippen molar-refractivity contribution >= 4 is 16.9 Å². The molecule has 1 N–H and O–H groups in total. The van der Waals surface area contributed by atoms with Crippen LogP contribution >= 0.6 is 0 Å². The number of nitrogens with one attached hydrogen (secondary N) is 1. The third-order valence-corrected chi connectivity index (χ3v) is 4.30. The largest absolute Gasteiger partial charge is 0.361 e. The minimum absolute atomic E-state index is 0.106. The average molecular weight is 341 g/mol. The highest BCUT2D eigenvalue weighted by atomic mass is 16.5. The first-order valence-electron chi connectivity index (χ1n) is 8.37. The normalized spacial score (nSPS) is 11.0. The van der Waals surface area contributed by atoms with Crippen molar-refractivity contribution in [3.63, 3.8) is 0 Å². The molecule has 0 atom stereocenters. The van der Waals surface area contributed by atoms with Gasteiger partial charge in [-0.05, 0) is 26.3 Å². The van der Waals surface area contributed by atoms with E-state index in [0.717, 1.165) is 40.9 Å². The minimum atomic E-state index is -0.106. The maximum absolute atomic E-state index is 12.2. The Labute approximate surface area is 146 Å². The molecule has 0 saturated heterocycles. The summed E-state index contributed by atoms with van der Waals surface area (Å²) in [6, 6.07) is 8.00. The molecule has 0 aliphatic carbocycles. The highest BCUT2D eigenvalue weighted by molar-refractivity contribution is 5.78. The van der Waals surface area contributed by atoms with Crippen LogP contribution in [-0.4, -0.2) is 39.5 Å². The number of hydrogen-bond acceptors (Lipinski definition) is 4. The number of hydrogen-bond donors (Lipinski definition) is 1. The van der Waals surface area contributed by atoms with Gasteiger partial charge in [0.2, 0.25) is 0 Å². The molecule has 2 aromatic heterocycles. The summed E-state index contributed by atoms with van der Waals surface area (Å²) in [5, 5.41) is 12.4. The van der Waals surface area contributed by atoms with Crippen molar-refractivity contribution in [1.29, 1.82) is 0 Å². The first-order chi connectivity index (χ1) is 12.1. The Morgan fingerprint density at radius 1 is 1.32 bits per heavy atom. The number of carbonyl (C=O) groups excluding carboxylic acids is 1. The van der Waals surface area contributed by atoms with Gasteiger partial charge in [0.15, 0.2) is 0 Å². The van der Waals surface area contributed by atoms with Crippen molar-refractivity contribution in [2.24, 2.45) is 0 Å². The molecule has 3 aromatic rings. The Balaban J connectivity index is 1.46. The molecule has 0 saturated carbocycles. The summed E-state index contributed by atoms with van der Waals surface area (Å²) in [7, 11) is 1.77. The molecule has 0 fully saturated rings. The van der Waals surface area contributed by atoms with Crippen LogP contribution in [0.5, 0.6) is 0 Å². The second kappa shape index (κ2) is 7.38. The number of amides is 2. The van der Waals surface area contributed by atoms with Crippen molar-refractivity contribution in [1.82, 2.24) is 25.2 Å². The Morgan fingerprint density at radius 2 is 2.12 bits per heavy atom. The molecule has 132 valence electrons. The zero-order valence-electron chi connectivity index (χ0n) is 14.8. The second-order valence-corrected chi connectivity index (χ2v) is 6.17. The van der Waals surface area contributed by atoms with E-state index in [2.05, 4.69) is 21.6 Å². The monoisotopic (exact) mass is 341 g/mol. The van der Waals surface area contributed by atoms with E-state index in [1.54, 1.807) is 11.9 Å². The molecule has 2 heterocycles. The summed E-state index contributed by atoms with van der Waals surface area (Å²) < 4.78 is 7.10. The number of aromatic nitrogens is 3. The van der Waals surface area contributed by atoms with Crippen molar-refractivity contribution in [2.75, 3.05) is 13.6 Å². The number of fused-ring (bicyclic) bond motifs is 1. The lowest BCUT2D eigenvalue weighted by atomic mass is 10.2. The number of urea groups is 1. The molecule has 7 nitrogen and oxygen atoms in total. The summed E-state index contributed by atoms with van der Waals surface area (Å²) >= 11 is 0. The fourth-order valence-corrected chi connectivity index (χ4v) is 2.80. The van der Waals surface area contributed by atoms with Gasteiger partial charge in [-0.15, -0.1) is 0 Å². The molecule has 0 spiro atoms. The Kier molecular flexibility index (Phi) is 5.02. The standard InChI is InChI=1S/C18H23N5O2/c1-13-16(14(2)25-21-13)12-22(3)18(24)19-9-6-10-23-17-8-5-4-7-15(17)11-20-23/h4-5,7-8,11H,6,9-10,12H2,1-3H3,(H,19,24). The van der Waals surface area contributed by atoms with Crippen LogP contribution in [0.15, 0.2) is 35.0 Å². The van der Waals surface area contributed by atoms with Gasteiger partial charge in [0.05, 0.1) is 24.0 Å². The molecule has 0 aliphatic heterocycles. The van der Waals surface area contributed by atoms with E-state index in [4.69, 9.17) is 4.52 Å². The summed E-state index contributed by atoms with van der Waals surface area (Å²) in [6.45, 7) is 5.58. The van der Waals surface area contributed by atoms with Gasteiger partial charge in [0, 0.05) is 31.1 Å². The predicted octanol–water partition coefficient (Wildman–Crippen LogP) is 2.87. The molecular weight excluding hydrogens is 318 g/mol. The van der Waals surface area contributed by atoms with Gasteiger partial charge in [-0.3, -0.25) is 4.68 Å². The van der Waals surface area contributed by atoms with Gasteiger partial charge < -0.3 is 14.7 Å². The first-order valence-corrected chi connectivity index (χ1v) is 8.37. The zero-order valence-corrected chi connectivity index (χ0v) is 14.8. The fourth-order valence-electron chi connectivity index (χ4n) is 2.80. The lowest BCUT2D eigenvalue weighted by Gasteiger charge is -2.17. The van der Waals surface area contributed by atoms with Gasteiger partial charge in [0.1, 0.15) is 5.76 Å². The van der Waals surface area contributed by atoms with Crippen LogP contribution in [0.25, 0.3) is 10.9 Å². The maximum atomic E-state index is 12.2. The van der Waals surface area contributed by atoms with Crippen LogP contribution in [-0.2, 0) is 13.1 Å². The van der Waals surface area contributed by atoms with Gasteiger partial charge in [-0.2, -0.15) is 5.10 Å². The van der Waals surface area contributed by atoms with Crippen LogP contribution in [0.4, 0.5) is 4.79 Å². The van der Waals surface area contributed by atoms with E-state index in [-0.39, 0.29) is 6.03 Å². The van der Waals surface area contributed by atoms with Gasteiger partial charge in [-0.1, -0.05) is 23.4 Å². The topological polar surface area (TPSA) is 76.2 Å². The van der Waals surface area contributed by atoms with Crippen molar-refractivity contribution in [3.05, 3.63) is 47.5 Å². The molecule has 0 aliphatic rings. The SMILES string of the molecule is Cc1noc(C)c1CN(C)C(=O)NCCCn1ncc2ccccc21. The smallest absolute Gasteiger partial charge is 0.317 e. The fraction of sp³-hybridized carbons (Fsp3) is 0.389. The third-order valence-electron chi connectivity index (χ3n) is 4.30. The highest BCUT2D eigenvalue weighted by Gasteiger charge is 2.15. The van der Waals surface area contributed by atoms with Crippen LogP contribution in [0.1, 0.15) is 23.4 Å². The Morgan fingerprint density at radius 3 is 2.88 bits per heavy atom. The van der Waals surface area contributed by atoms with Crippen molar-refractivity contribution in [3.8, 4) is 0 Å². The van der Waals surface area contributed by atoms with Gasteiger partial charge in [-0.25, -0.2) is 4.79 Å². The quantitative estimate of drug-likeness (QED) is 0.700. The van der Waals surface area contributed by atoms with Crippen molar-refractivity contribution in [2.45, 2.75) is 33.4 Å². The molecule has 3 rings (SSSR count). The lowest BCUT2D eigenvalue weighted by Crippen LogP contribution is -2.37. The molecule has 0 radical (unpaired) electrons. The zero-order chi connectivity index (χ0) is 17.8. The summed E-state index contributed by atoms with van der Waals surface area (Å²) in [5.41, 5.74) is 2.90. The Bertz CT molecular complexity index is 848. The van der Waals surface area contributed by atoms with E-state index in [9.17, 15) is 4.79 Å². The minimum Gasteiger partial charge on any atom is -0.361 e. The first kappa shape index (κ1) is 17.0. The number of aryl methyl sites for hydroxylation is 3. The van der Waals surface area contributed by atoms with Crippen LogP contribution in [0.2, 0.25) is 0 Å². The number of para-hydroxylation sites is 1. The van der Waals surface area contributed by atoms with E-state index >= 15 is 0 Å². The van der Waals surface area contributed by atoms with Gasteiger partial charge in [0.25, 0.3) is 0 Å². The summed E-state index contributed by atoms with van der Waals surface area (Å²) in [5.74, 6) is 0.753. The molecular formula is C18H23N5O2. The molecule has 7 heteroatoms. The average Bonchev–Trinajstić information content (AvgIpc) is 3.16. The maximum Gasteiger partial charge on any atom is 0.317 e.